The molecule has 9 heteroatoms. The number of nitro benzene ring substituents is 2. The molecule has 1 N–H and O–H groups in total. The van der Waals surface area contributed by atoms with Gasteiger partial charge < -0.3 is 10.1 Å². The average Bonchev–Trinajstić information content (AvgIpc) is 2.28. The predicted octanol–water partition coefficient (Wildman–Crippen LogP) is 1.22. The lowest BCUT2D eigenvalue weighted by Crippen LogP contribution is -2.22. The monoisotopic (exact) mass is 241 g/mol. The number of hydrogen-bond donors (Lipinski definition) is 1. The number of benzene rings is 1. The van der Waals surface area contributed by atoms with E-state index in [0.29, 0.717) is 0 Å². The molecule has 17 heavy (non-hydrogen) atoms. The zero-order valence-corrected chi connectivity index (χ0v) is 8.58. The molecule has 0 aliphatic rings. The van der Waals surface area contributed by atoms with E-state index in [9.17, 15) is 25.0 Å². The third-order valence-corrected chi connectivity index (χ3v) is 1.76. The van der Waals surface area contributed by atoms with Crippen LogP contribution in [-0.2, 0) is 0 Å². The largest absolute Gasteiger partial charge is 0.412 e. The molecule has 0 heterocycles. The second-order valence-corrected chi connectivity index (χ2v) is 2.81. The molecular formula is C8H7N3O6. The summed E-state index contributed by atoms with van der Waals surface area (Å²) in [6.07, 6.45) is -0.901. The Bertz CT molecular complexity index is 486. The van der Waals surface area contributed by atoms with Crippen LogP contribution in [0.3, 0.4) is 0 Å². The van der Waals surface area contributed by atoms with Gasteiger partial charge in [0.2, 0.25) is 5.75 Å². The fourth-order valence-electron chi connectivity index (χ4n) is 0.999. The van der Waals surface area contributed by atoms with Gasteiger partial charge in [-0.1, -0.05) is 0 Å². The number of ether oxygens (including phenoxy) is 1. The molecule has 0 aliphatic heterocycles. The van der Waals surface area contributed by atoms with Crippen LogP contribution in [0.2, 0.25) is 0 Å². The number of carbonyl (C=O) groups excluding carboxylic acids is 1. The summed E-state index contributed by atoms with van der Waals surface area (Å²) in [6.45, 7) is 0. The van der Waals surface area contributed by atoms with Crippen molar-refractivity contribution >= 4 is 17.5 Å². The molecule has 0 aliphatic carbocycles. The Balaban J connectivity index is 3.17. The molecule has 1 amide bonds. The van der Waals surface area contributed by atoms with Crippen molar-refractivity contribution in [2.45, 2.75) is 0 Å². The van der Waals surface area contributed by atoms with Gasteiger partial charge in [0, 0.05) is 13.1 Å². The molecular weight excluding hydrogens is 234 g/mol. The fraction of sp³-hybridized carbons (Fsp3) is 0.125. The first kappa shape index (κ1) is 12.4. The topological polar surface area (TPSA) is 125 Å². The van der Waals surface area contributed by atoms with Crippen molar-refractivity contribution in [3.05, 3.63) is 38.4 Å². The minimum Gasteiger partial charge on any atom is -0.403 e. The van der Waals surface area contributed by atoms with Gasteiger partial charge in [-0.2, -0.15) is 0 Å². The standard InChI is InChI=1S/C8H7N3O6/c1-9-8(12)17-7-3-2-5(10(13)14)4-6(7)11(15)16/h2-4H,1H3,(H,9,12). The summed E-state index contributed by atoms with van der Waals surface area (Å²) in [5.74, 6) is -0.361. The predicted molar refractivity (Wildman–Crippen MR) is 54.8 cm³/mol. The van der Waals surface area contributed by atoms with E-state index < -0.39 is 27.3 Å². The SMILES string of the molecule is CNC(=O)Oc1ccc([N+](=O)[O-])cc1[N+](=O)[O-]. The maximum atomic E-state index is 10.9. The van der Waals surface area contributed by atoms with E-state index in [1.807, 2.05) is 0 Å². The van der Waals surface area contributed by atoms with E-state index in [-0.39, 0.29) is 5.75 Å². The fourth-order valence-corrected chi connectivity index (χ4v) is 0.999. The first-order valence-corrected chi connectivity index (χ1v) is 4.28. The van der Waals surface area contributed by atoms with Gasteiger partial charge in [-0.05, 0) is 6.07 Å². The van der Waals surface area contributed by atoms with Crippen molar-refractivity contribution in [2.24, 2.45) is 0 Å². The number of amides is 1. The maximum Gasteiger partial charge on any atom is 0.412 e. The number of nitrogens with zero attached hydrogens (tertiary/aromatic N) is 2. The molecule has 0 radical (unpaired) electrons. The highest BCUT2D eigenvalue weighted by Crippen LogP contribution is 2.30. The molecule has 1 aromatic rings. The van der Waals surface area contributed by atoms with Gasteiger partial charge in [0.05, 0.1) is 15.9 Å². The van der Waals surface area contributed by atoms with Crippen LogP contribution in [0.25, 0.3) is 0 Å². The summed E-state index contributed by atoms with van der Waals surface area (Å²) < 4.78 is 4.58. The second kappa shape index (κ2) is 4.88. The van der Waals surface area contributed by atoms with Crippen LogP contribution in [-0.4, -0.2) is 23.0 Å². The summed E-state index contributed by atoms with van der Waals surface area (Å²) in [5.41, 5.74) is -1.11. The smallest absolute Gasteiger partial charge is 0.403 e. The minimum atomic E-state index is -0.901. The van der Waals surface area contributed by atoms with Crippen molar-refractivity contribution in [3.63, 3.8) is 0 Å². The molecule has 0 spiro atoms. The Morgan fingerprint density at radius 3 is 2.41 bits per heavy atom. The minimum absolute atomic E-state index is 0.361. The number of nitro groups is 2. The van der Waals surface area contributed by atoms with E-state index >= 15 is 0 Å². The quantitative estimate of drug-likeness (QED) is 0.626. The third kappa shape index (κ3) is 2.87. The molecule has 1 aromatic carbocycles. The van der Waals surface area contributed by atoms with Gasteiger partial charge in [0.1, 0.15) is 0 Å². The second-order valence-electron chi connectivity index (χ2n) is 2.81. The van der Waals surface area contributed by atoms with Gasteiger partial charge in [-0.3, -0.25) is 20.2 Å². The Labute approximate surface area is 94.3 Å². The van der Waals surface area contributed by atoms with Gasteiger partial charge >= 0.3 is 11.8 Å². The van der Waals surface area contributed by atoms with Crippen molar-refractivity contribution in [2.75, 3.05) is 7.05 Å². The summed E-state index contributed by atoms with van der Waals surface area (Å²) >= 11 is 0. The van der Waals surface area contributed by atoms with Gasteiger partial charge in [0.25, 0.3) is 5.69 Å². The summed E-state index contributed by atoms with van der Waals surface area (Å²) in [4.78, 5) is 30.3. The van der Waals surface area contributed by atoms with Gasteiger partial charge in [0.15, 0.2) is 0 Å². The first-order chi connectivity index (χ1) is 7.95. The lowest BCUT2D eigenvalue weighted by atomic mass is 10.2. The van der Waals surface area contributed by atoms with E-state index in [2.05, 4.69) is 10.1 Å². The molecule has 0 atom stereocenters. The number of rotatable bonds is 3. The van der Waals surface area contributed by atoms with Crippen molar-refractivity contribution in [3.8, 4) is 5.75 Å². The van der Waals surface area contributed by atoms with Gasteiger partial charge in [-0.15, -0.1) is 0 Å². The van der Waals surface area contributed by atoms with Crippen molar-refractivity contribution in [1.82, 2.24) is 5.32 Å². The van der Waals surface area contributed by atoms with E-state index in [1.165, 1.54) is 7.05 Å². The van der Waals surface area contributed by atoms with Crippen LogP contribution >= 0.6 is 0 Å². The highest BCUT2D eigenvalue weighted by molar-refractivity contribution is 5.72. The van der Waals surface area contributed by atoms with E-state index in [0.717, 1.165) is 18.2 Å². The van der Waals surface area contributed by atoms with Gasteiger partial charge in [-0.25, -0.2) is 4.79 Å². The maximum absolute atomic E-state index is 10.9. The molecule has 0 saturated heterocycles. The molecule has 1 rings (SSSR count). The molecule has 9 nitrogen and oxygen atoms in total. The van der Waals surface area contributed by atoms with E-state index in [1.54, 1.807) is 0 Å². The lowest BCUT2D eigenvalue weighted by molar-refractivity contribution is -0.394. The van der Waals surface area contributed by atoms with Crippen LogP contribution in [0, 0.1) is 20.2 Å². The molecule has 0 saturated carbocycles. The Morgan fingerprint density at radius 2 is 1.94 bits per heavy atom. The van der Waals surface area contributed by atoms with Crippen LogP contribution in [0.5, 0.6) is 5.75 Å². The van der Waals surface area contributed by atoms with Crippen LogP contribution in [0.15, 0.2) is 18.2 Å². The average molecular weight is 241 g/mol. The van der Waals surface area contributed by atoms with Crippen molar-refractivity contribution < 1.29 is 19.4 Å². The van der Waals surface area contributed by atoms with Crippen LogP contribution < -0.4 is 10.1 Å². The number of hydrogen-bond acceptors (Lipinski definition) is 6. The normalized spacial score (nSPS) is 9.47. The Morgan fingerprint density at radius 1 is 1.29 bits per heavy atom. The highest BCUT2D eigenvalue weighted by Gasteiger charge is 2.22. The number of carbonyl (C=O) groups is 1. The lowest BCUT2D eigenvalue weighted by Gasteiger charge is -2.03. The van der Waals surface area contributed by atoms with Crippen LogP contribution in [0.1, 0.15) is 0 Å². The Kier molecular flexibility index (Phi) is 3.55. The van der Waals surface area contributed by atoms with E-state index in [4.69, 9.17) is 0 Å². The molecule has 0 unspecified atom stereocenters. The number of non-ortho nitro benzene ring substituents is 1. The number of nitrogens with one attached hydrogen (secondary N) is 1. The third-order valence-electron chi connectivity index (χ3n) is 1.76. The first-order valence-electron chi connectivity index (χ1n) is 4.28. The zero-order valence-electron chi connectivity index (χ0n) is 8.58. The van der Waals surface area contributed by atoms with Crippen molar-refractivity contribution in [1.29, 1.82) is 0 Å². The van der Waals surface area contributed by atoms with Crippen LogP contribution in [0.4, 0.5) is 16.2 Å². The molecule has 0 aromatic heterocycles. The highest BCUT2D eigenvalue weighted by atomic mass is 16.6. The molecule has 0 bridgehead atoms. The Hall–Kier alpha value is -2.71. The molecule has 0 fully saturated rings. The summed E-state index contributed by atoms with van der Waals surface area (Å²) in [6, 6.07) is 2.72. The molecule has 90 valence electrons. The zero-order chi connectivity index (χ0) is 13.0. The summed E-state index contributed by atoms with van der Waals surface area (Å²) in [5, 5.41) is 23.2. The summed E-state index contributed by atoms with van der Waals surface area (Å²) in [7, 11) is 1.28.